The summed E-state index contributed by atoms with van der Waals surface area (Å²) in [5, 5.41) is 19.1. The minimum absolute atomic E-state index is 0.0332. The zero-order valence-corrected chi connectivity index (χ0v) is 12.7. The van der Waals surface area contributed by atoms with Gasteiger partial charge in [0.15, 0.2) is 8.32 Å². The van der Waals surface area contributed by atoms with Gasteiger partial charge in [-0.2, -0.15) is 0 Å². The third-order valence-electron chi connectivity index (χ3n) is 3.59. The quantitative estimate of drug-likeness (QED) is 0.735. The molecule has 98 valence electrons. The molecule has 0 fully saturated rings. The van der Waals surface area contributed by atoms with E-state index in [0.29, 0.717) is 6.61 Å². The minimum Gasteiger partial charge on any atom is -0.416 e. The van der Waals surface area contributed by atoms with E-state index in [1.54, 1.807) is 6.92 Å². The van der Waals surface area contributed by atoms with Crippen molar-refractivity contribution in [3.8, 4) is 0 Å². The predicted octanol–water partition coefficient (Wildman–Crippen LogP) is 2.39. The van der Waals surface area contributed by atoms with Crippen molar-refractivity contribution >= 4 is 8.32 Å². The SMILES string of the molecule is C[C@H](O)[C@H](O)[C@@H](C)CO[Si](C)(C)C(C)(C)C. The fraction of sp³-hybridized carbons (Fsp3) is 1.00. The fourth-order valence-corrected chi connectivity index (χ4v) is 2.24. The first kappa shape index (κ1) is 16.1. The first-order valence-electron chi connectivity index (χ1n) is 5.99. The normalized spacial score (nSPS) is 19.3. The zero-order valence-electron chi connectivity index (χ0n) is 11.7. The van der Waals surface area contributed by atoms with Crippen molar-refractivity contribution in [2.45, 2.75) is 65.0 Å². The molecular weight excluding hydrogens is 220 g/mol. The van der Waals surface area contributed by atoms with Crippen molar-refractivity contribution in [1.82, 2.24) is 0 Å². The number of hydrogen-bond acceptors (Lipinski definition) is 3. The van der Waals surface area contributed by atoms with Crippen LogP contribution in [0.5, 0.6) is 0 Å². The second-order valence-corrected chi connectivity index (χ2v) is 11.1. The molecule has 0 aliphatic carbocycles. The highest BCUT2D eigenvalue weighted by atomic mass is 28.4. The molecule has 4 heteroatoms. The van der Waals surface area contributed by atoms with E-state index in [4.69, 9.17) is 4.43 Å². The summed E-state index contributed by atoms with van der Waals surface area (Å²) in [5.41, 5.74) is 0. The van der Waals surface area contributed by atoms with Crippen molar-refractivity contribution in [1.29, 1.82) is 0 Å². The molecule has 0 saturated heterocycles. The van der Waals surface area contributed by atoms with Crippen molar-refractivity contribution in [2.24, 2.45) is 5.92 Å². The van der Waals surface area contributed by atoms with Crippen LogP contribution < -0.4 is 0 Å². The lowest BCUT2D eigenvalue weighted by atomic mass is 10.0. The van der Waals surface area contributed by atoms with Crippen LogP contribution in [-0.4, -0.2) is 37.3 Å². The molecule has 3 atom stereocenters. The van der Waals surface area contributed by atoms with E-state index >= 15 is 0 Å². The topological polar surface area (TPSA) is 49.7 Å². The van der Waals surface area contributed by atoms with E-state index in [0.717, 1.165) is 0 Å². The van der Waals surface area contributed by atoms with E-state index in [-0.39, 0.29) is 11.0 Å². The van der Waals surface area contributed by atoms with Gasteiger partial charge in [0, 0.05) is 12.5 Å². The molecule has 0 aliphatic heterocycles. The summed E-state index contributed by atoms with van der Waals surface area (Å²) in [6.45, 7) is 15.0. The van der Waals surface area contributed by atoms with Gasteiger partial charge in [0.05, 0.1) is 12.2 Å². The molecule has 2 N–H and O–H groups in total. The average Bonchev–Trinajstić information content (AvgIpc) is 2.11. The van der Waals surface area contributed by atoms with Crippen molar-refractivity contribution in [3.63, 3.8) is 0 Å². The number of hydrogen-bond donors (Lipinski definition) is 2. The molecule has 0 aromatic rings. The third kappa shape index (κ3) is 4.53. The summed E-state index contributed by atoms with van der Waals surface area (Å²) in [5.74, 6) is -0.0332. The van der Waals surface area contributed by atoms with Gasteiger partial charge in [-0.1, -0.05) is 27.7 Å². The molecule has 0 aliphatic rings. The summed E-state index contributed by atoms with van der Waals surface area (Å²) < 4.78 is 5.99. The second kappa shape index (κ2) is 5.62. The van der Waals surface area contributed by atoms with E-state index < -0.39 is 20.5 Å². The molecule has 0 aromatic heterocycles. The lowest BCUT2D eigenvalue weighted by Gasteiger charge is -2.37. The molecule has 0 heterocycles. The summed E-state index contributed by atoms with van der Waals surface area (Å²) in [7, 11) is -1.74. The molecular formula is C12H28O3Si. The predicted molar refractivity (Wildman–Crippen MR) is 70.0 cm³/mol. The van der Waals surface area contributed by atoms with Crippen molar-refractivity contribution in [3.05, 3.63) is 0 Å². The van der Waals surface area contributed by atoms with Gasteiger partial charge in [0.25, 0.3) is 0 Å². The molecule has 3 nitrogen and oxygen atoms in total. The Hall–Kier alpha value is 0.0969. The maximum absolute atomic E-state index is 9.68. The van der Waals surface area contributed by atoms with Gasteiger partial charge in [-0.15, -0.1) is 0 Å². The van der Waals surface area contributed by atoms with Gasteiger partial charge in [0.1, 0.15) is 0 Å². The lowest BCUT2D eigenvalue weighted by Crippen LogP contribution is -2.43. The Bertz CT molecular complexity index is 209. The first-order valence-corrected chi connectivity index (χ1v) is 8.90. The van der Waals surface area contributed by atoms with Crippen LogP contribution in [0, 0.1) is 5.92 Å². The smallest absolute Gasteiger partial charge is 0.191 e. The largest absolute Gasteiger partial charge is 0.416 e. The Balaban J connectivity index is 4.25. The van der Waals surface area contributed by atoms with E-state index in [2.05, 4.69) is 33.9 Å². The summed E-state index contributed by atoms with van der Waals surface area (Å²) in [6, 6.07) is 0. The van der Waals surface area contributed by atoms with Crippen LogP contribution in [0.1, 0.15) is 34.6 Å². The Labute approximate surface area is 101 Å². The van der Waals surface area contributed by atoms with Crippen LogP contribution in [0.15, 0.2) is 0 Å². The van der Waals surface area contributed by atoms with E-state index in [1.807, 2.05) is 6.92 Å². The van der Waals surface area contributed by atoms with Gasteiger partial charge < -0.3 is 14.6 Å². The number of aliphatic hydroxyl groups is 2. The Morgan fingerprint density at radius 2 is 1.56 bits per heavy atom. The highest BCUT2D eigenvalue weighted by Gasteiger charge is 2.37. The first-order chi connectivity index (χ1) is 6.99. The minimum atomic E-state index is -1.74. The molecule has 0 radical (unpaired) electrons. The van der Waals surface area contributed by atoms with Crippen molar-refractivity contribution in [2.75, 3.05) is 6.61 Å². The van der Waals surface area contributed by atoms with Gasteiger partial charge in [-0.3, -0.25) is 0 Å². The van der Waals surface area contributed by atoms with E-state index in [1.165, 1.54) is 0 Å². The fourth-order valence-electron chi connectivity index (χ4n) is 1.13. The third-order valence-corrected chi connectivity index (χ3v) is 8.09. The second-order valence-electron chi connectivity index (χ2n) is 6.28. The van der Waals surface area contributed by atoms with E-state index in [9.17, 15) is 10.2 Å². The van der Waals surface area contributed by atoms with Crippen LogP contribution in [0.4, 0.5) is 0 Å². The molecule has 0 spiro atoms. The maximum Gasteiger partial charge on any atom is 0.191 e. The standard InChI is InChI=1S/C12H28O3Si/c1-9(11(14)10(2)13)8-15-16(6,7)12(3,4)5/h9-11,13-14H,8H2,1-7H3/t9-,10-,11+/m0/s1. The van der Waals surface area contributed by atoms with Crippen LogP contribution in [0.2, 0.25) is 18.1 Å². The molecule has 0 aromatic carbocycles. The Morgan fingerprint density at radius 3 is 1.88 bits per heavy atom. The monoisotopic (exact) mass is 248 g/mol. The Kier molecular flexibility index (Phi) is 5.66. The molecule has 0 saturated carbocycles. The molecule has 0 unspecified atom stereocenters. The van der Waals surface area contributed by atoms with Gasteiger partial charge >= 0.3 is 0 Å². The summed E-state index contributed by atoms with van der Waals surface area (Å²) in [6.07, 6.45) is -1.40. The summed E-state index contributed by atoms with van der Waals surface area (Å²) >= 11 is 0. The van der Waals surface area contributed by atoms with Crippen molar-refractivity contribution < 1.29 is 14.6 Å². The molecule has 16 heavy (non-hydrogen) atoms. The highest BCUT2D eigenvalue weighted by Crippen LogP contribution is 2.36. The van der Waals surface area contributed by atoms with Crippen LogP contribution in [0.3, 0.4) is 0 Å². The zero-order chi connectivity index (χ0) is 13.1. The number of aliphatic hydroxyl groups excluding tert-OH is 2. The van der Waals surface area contributed by atoms with Gasteiger partial charge in [0.2, 0.25) is 0 Å². The lowest BCUT2D eigenvalue weighted by molar-refractivity contribution is -0.0158. The Morgan fingerprint density at radius 1 is 1.12 bits per heavy atom. The molecule has 0 rings (SSSR count). The molecule has 0 amide bonds. The highest BCUT2D eigenvalue weighted by molar-refractivity contribution is 6.74. The molecule has 0 bridgehead atoms. The van der Waals surface area contributed by atoms with Crippen LogP contribution in [0.25, 0.3) is 0 Å². The number of rotatable bonds is 5. The van der Waals surface area contributed by atoms with Gasteiger partial charge in [-0.25, -0.2) is 0 Å². The van der Waals surface area contributed by atoms with Crippen LogP contribution >= 0.6 is 0 Å². The summed E-state index contributed by atoms with van der Waals surface area (Å²) in [4.78, 5) is 0. The van der Waals surface area contributed by atoms with Crippen LogP contribution in [-0.2, 0) is 4.43 Å². The average molecular weight is 248 g/mol. The van der Waals surface area contributed by atoms with Gasteiger partial charge in [-0.05, 0) is 25.1 Å². The maximum atomic E-state index is 9.68.